The monoisotopic (exact) mass is 608 g/mol. The van der Waals surface area contributed by atoms with Crippen molar-refractivity contribution in [3.8, 4) is 0 Å². The van der Waals surface area contributed by atoms with E-state index in [0.29, 0.717) is 0 Å². The Morgan fingerprint density at radius 2 is 1.36 bits per heavy atom. The number of nitrogens with one attached hydrogen (secondary N) is 4. The van der Waals surface area contributed by atoms with E-state index in [1.165, 1.54) is 12.2 Å². The zero-order chi connectivity index (χ0) is 32.6. The number of rotatable bonds is 17. The van der Waals surface area contributed by atoms with Gasteiger partial charge >= 0.3 is 0 Å². The van der Waals surface area contributed by atoms with Crippen molar-refractivity contribution in [2.45, 2.75) is 64.3 Å². The molecule has 5 amide bonds. The number of nitrogens with two attached hydrogens (primary N) is 2. The highest BCUT2D eigenvalue weighted by molar-refractivity contribution is 5.95. The number of aliphatic hydroxyl groups is 1. The fourth-order valence-electron chi connectivity index (χ4n) is 4.24. The largest absolute Gasteiger partial charge is 0.394 e. The Morgan fingerprint density at radius 3 is 1.91 bits per heavy atom. The Bertz CT molecular complexity index is 1270. The van der Waals surface area contributed by atoms with Crippen molar-refractivity contribution in [1.82, 2.24) is 21.3 Å². The molecule has 2 aromatic rings. The molecule has 0 spiro atoms. The van der Waals surface area contributed by atoms with E-state index < -0.39 is 65.5 Å². The number of hydrogen-bond acceptors (Lipinski definition) is 7. The molecule has 0 aliphatic carbocycles. The second-order valence-corrected chi connectivity index (χ2v) is 10.9. The van der Waals surface area contributed by atoms with Crippen LogP contribution in [-0.2, 0) is 36.9 Å². The first-order valence-corrected chi connectivity index (χ1v) is 14.5. The Hall–Kier alpha value is -4.55. The van der Waals surface area contributed by atoms with Gasteiger partial charge in [-0.1, -0.05) is 86.7 Å². The van der Waals surface area contributed by atoms with Gasteiger partial charge in [0, 0.05) is 25.4 Å². The van der Waals surface area contributed by atoms with Crippen molar-refractivity contribution in [1.29, 1.82) is 0 Å². The molecule has 2 aromatic carbocycles. The summed E-state index contributed by atoms with van der Waals surface area (Å²) in [5.41, 5.74) is 12.7. The first-order chi connectivity index (χ1) is 20.9. The van der Waals surface area contributed by atoms with Gasteiger partial charge in [-0.3, -0.25) is 24.0 Å². The highest BCUT2D eigenvalue weighted by Gasteiger charge is 2.31. The molecule has 0 aromatic heterocycles. The third-order valence-electron chi connectivity index (χ3n) is 6.78. The number of hydrogen-bond donors (Lipinski definition) is 7. The van der Waals surface area contributed by atoms with Crippen LogP contribution in [0.5, 0.6) is 0 Å². The highest BCUT2D eigenvalue weighted by Crippen LogP contribution is 2.11. The summed E-state index contributed by atoms with van der Waals surface area (Å²) in [6, 6.07) is 14.6. The summed E-state index contributed by atoms with van der Waals surface area (Å²) in [6.07, 6.45) is 2.54. The molecule has 2 rings (SSSR count). The molecule has 0 saturated heterocycles. The second-order valence-electron chi connectivity index (χ2n) is 10.9. The topological polar surface area (TPSA) is 206 Å². The van der Waals surface area contributed by atoms with Gasteiger partial charge in [0.05, 0.1) is 12.5 Å². The van der Waals surface area contributed by atoms with Crippen molar-refractivity contribution in [2.75, 3.05) is 6.61 Å². The zero-order valence-electron chi connectivity index (χ0n) is 25.4. The van der Waals surface area contributed by atoms with Gasteiger partial charge < -0.3 is 37.8 Å². The molecule has 0 unspecified atom stereocenters. The van der Waals surface area contributed by atoms with Crippen LogP contribution in [0, 0.1) is 11.8 Å². The summed E-state index contributed by atoms with van der Waals surface area (Å²) in [5, 5.41) is 20.0. The molecule has 9 N–H and O–H groups in total. The fraction of sp³-hybridized carbons (Fsp3) is 0.406. The Labute approximate surface area is 258 Å². The van der Waals surface area contributed by atoms with Gasteiger partial charge in [0.25, 0.3) is 0 Å². The summed E-state index contributed by atoms with van der Waals surface area (Å²) in [7, 11) is 0. The maximum absolute atomic E-state index is 13.5. The van der Waals surface area contributed by atoms with E-state index in [2.05, 4.69) is 21.3 Å². The van der Waals surface area contributed by atoms with Crippen molar-refractivity contribution in [3.05, 3.63) is 83.9 Å². The van der Waals surface area contributed by atoms with Crippen LogP contribution < -0.4 is 32.7 Å². The van der Waals surface area contributed by atoms with E-state index in [1.54, 1.807) is 32.9 Å². The van der Waals surface area contributed by atoms with E-state index in [0.717, 1.165) is 11.1 Å². The van der Waals surface area contributed by atoms with Gasteiger partial charge in [-0.05, 0) is 24.0 Å². The molecular weight excluding hydrogens is 564 g/mol. The van der Waals surface area contributed by atoms with E-state index in [9.17, 15) is 29.1 Å². The number of carbonyl (C=O) groups excluding carboxylic acids is 5. The second kappa shape index (κ2) is 18.2. The smallest absolute Gasteiger partial charge is 0.243 e. The molecule has 0 heterocycles. The lowest BCUT2D eigenvalue weighted by molar-refractivity contribution is -0.135. The summed E-state index contributed by atoms with van der Waals surface area (Å²) in [6.45, 7) is 4.91. The van der Waals surface area contributed by atoms with Crippen LogP contribution in [0.2, 0.25) is 0 Å². The third kappa shape index (κ3) is 12.4. The Morgan fingerprint density at radius 1 is 0.773 bits per heavy atom. The summed E-state index contributed by atoms with van der Waals surface area (Å²) in [5.74, 6) is -4.41. The lowest BCUT2D eigenvalue weighted by atomic mass is 9.98. The number of carbonyl (C=O) groups is 5. The van der Waals surface area contributed by atoms with E-state index in [-0.39, 0.29) is 26.0 Å². The highest BCUT2D eigenvalue weighted by atomic mass is 16.3. The van der Waals surface area contributed by atoms with Crippen LogP contribution in [0.15, 0.2) is 72.8 Å². The van der Waals surface area contributed by atoms with Gasteiger partial charge in [0.2, 0.25) is 29.5 Å². The minimum absolute atomic E-state index is 0.127. The van der Waals surface area contributed by atoms with E-state index >= 15 is 0 Å². The predicted molar refractivity (Wildman–Crippen MR) is 166 cm³/mol. The Kier molecular flexibility index (Phi) is 14.7. The average molecular weight is 609 g/mol. The summed E-state index contributed by atoms with van der Waals surface area (Å²) in [4.78, 5) is 64.3. The molecule has 0 aliphatic rings. The number of benzene rings is 2. The maximum atomic E-state index is 13.5. The van der Waals surface area contributed by atoms with E-state index in [1.807, 2.05) is 48.5 Å². The lowest BCUT2D eigenvalue weighted by Crippen LogP contribution is -2.58. The number of amides is 5. The number of aliphatic hydroxyl groups excluding tert-OH is 1. The number of primary amides is 1. The zero-order valence-corrected chi connectivity index (χ0v) is 25.4. The fourth-order valence-corrected chi connectivity index (χ4v) is 4.24. The summed E-state index contributed by atoms with van der Waals surface area (Å²) >= 11 is 0. The molecule has 12 nitrogen and oxygen atoms in total. The van der Waals surface area contributed by atoms with Crippen LogP contribution in [0.3, 0.4) is 0 Å². The molecule has 0 saturated carbocycles. The van der Waals surface area contributed by atoms with Crippen LogP contribution >= 0.6 is 0 Å². The molecular formula is C32H44N6O6. The van der Waals surface area contributed by atoms with Gasteiger partial charge in [-0.15, -0.1) is 0 Å². The van der Waals surface area contributed by atoms with Crippen LogP contribution in [-0.4, -0.2) is 65.4 Å². The predicted octanol–water partition coefficient (Wildman–Crippen LogP) is 0.0432. The standard InChI is InChI=1S/C32H44N6O6/c1-20(2)28(38-30(42)24(17-27(34)40)14-15-25(33)19-39)32(44)37-26(16-22-10-6-4-7-11-22)31(43)36-21(3)29(41)35-18-23-12-8-5-9-13-23/h4-15,20-21,24-26,28,39H,16-19,33H2,1-3H3,(H2,34,40)(H,35,41)(H,36,43)(H,37,44)(H,38,42)/b15-14+/t21-,24-,25+,26-,28-/m0/s1. The van der Waals surface area contributed by atoms with Gasteiger partial charge in [-0.25, -0.2) is 0 Å². The molecule has 0 fully saturated rings. The Balaban J connectivity index is 2.18. The normalized spacial score (nSPS) is 14.6. The minimum atomic E-state index is -1.07. The van der Waals surface area contributed by atoms with E-state index in [4.69, 9.17) is 11.5 Å². The quantitative estimate of drug-likeness (QED) is 0.123. The minimum Gasteiger partial charge on any atom is -0.394 e. The SMILES string of the molecule is CC(C)[C@H](NC(=O)[C@@H](/C=C/[C@@H](N)CO)CC(N)=O)C(=O)N[C@@H](Cc1ccccc1)C(=O)N[C@@H](C)C(=O)NCc1ccccc1. The van der Waals surface area contributed by atoms with Gasteiger partial charge in [0.15, 0.2) is 0 Å². The van der Waals surface area contributed by atoms with Crippen LogP contribution in [0.4, 0.5) is 0 Å². The van der Waals surface area contributed by atoms with Crippen molar-refractivity contribution in [3.63, 3.8) is 0 Å². The molecule has 0 radical (unpaired) electrons. The van der Waals surface area contributed by atoms with Crippen molar-refractivity contribution < 1.29 is 29.1 Å². The molecule has 0 aliphatic heterocycles. The molecule has 44 heavy (non-hydrogen) atoms. The molecule has 238 valence electrons. The molecule has 0 bridgehead atoms. The molecule has 12 heteroatoms. The van der Waals surface area contributed by atoms with Crippen molar-refractivity contribution >= 4 is 29.5 Å². The maximum Gasteiger partial charge on any atom is 0.243 e. The van der Waals surface area contributed by atoms with Crippen LogP contribution in [0.1, 0.15) is 38.3 Å². The van der Waals surface area contributed by atoms with Gasteiger partial charge in [-0.2, -0.15) is 0 Å². The third-order valence-corrected chi connectivity index (χ3v) is 6.78. The first-order valence-electron chi connectivity index (χ1n) is 14.5. The first kappa shape index (κ1) is 35.6. The van der Waals surface area contributed by atoms with Gasteiger partial charge in [0.1, 0.15) is 18.1 Å². The van der Waals surface area contributed by atoms with Crippen LogP contribution in [0.25, 0.3) is 0 Å². The lowest BCUT2D eigenvalue weighted by Gasteiger charge is -2.27. The average Bonchev–Trinajstić information content (AvgIpc) is 3.00. The van der Waals surface area contributed by atoms with Crippen molar-refractivity contribution in [2.24, 2.45) is 23.3 Å². The summed E-state index contributed by atoms with van der Waals surface area (Å²) < 4.78 is 0. The molecule has 5 atom stereocenters.